The van der Waals surface area contributed by atoms with Crippen LogP contribution in [0.15, 0.2) is 46.5 Å². The number of hydrogen-bond donors (Lipinski definition) is 1. The number of benzene rings is 1. The molecule has 18 heavy (non-hydrogen) atoms. The van der Waals surface area contributed by atoms with Crippen molar-refractivity contribution in [1.29, 1.82) is 0 Å². The first kappa shape index (κ1) is 13.7. The predicted molar refractivity (Wildman–Crippen MR) is 77.4 cm³/mol. The van der Waals surface area contributed by atoms with E-state index in [0.717, 1.165) is 15.5 Å². The molecule has 1 aromatic carbocycles. The summed E-state index contributed by atoms with van der Waals surface area (Å²) in [4.78, 5) is 5.24. The van der Waals surface area contributed by atoms with E-state index >= 15 is 0 Å². The second-order valence-electron chi connectivity index (χ2n) is 3.90. The summed E-state index contributed by atoms with van der Waals surface area (Å²) in [6.45, 7) is 1.93. The number of aromatic nitrogens is 1. The number of nitrogens with two attached hydrogens (primary N) is 1. The highest BCUT2D eigenvalue weighted by Gasteiger charge is 2.06. The highest BCUT2D eigenvalue weighted by molar-refractivity contribution is 7.99. The zero-order valence-electron chi connectivity index (χ0n) is 9.73. The van der Waals surface area contributed by atoms with Gasteiger partial charge < -0.3 is 5.73 Å². The third kappa shape index (κ3) is 3.39. The Morgan fingerprint density at radius 2 is 2.00 bits per heavy atom. The van der Waals surface area contributed by atoms with Crippen LogP contribution in [0.3, 0.4) is 0 Å². The van der Waals surface area contributed by atoms with Crippen LogP contribution in [0.1, 0.15) is 18.5 Å². The Balaban J connectivity index is 2.21. The van der Waals surface area contributed by atoms with E-state index in [-0.39, 0.29) is 6.04 Å². The van der Waals surface area contributed by atoms with Gasteiger partial charge in [0.2, 0.25) is 0 Å². The summed E-state index contributed by atoms with van der Waals surface area (Å²) in [5, 5.41) is 2.19. The van der Waals surface area contributed by atoms with Gasteiger partial charge >= 0.3 is 0 Å². The number of rotatable bonds is 3. The van der Waals surface area contributed by atoms with Gasteiger partial charge in [-0.2, -0.15) is 0 Å². The quantitative estimate of drug-likeness (QED) is 0.903. The minimum atomic E-state index is -0.00805. The van der Waals surface area contributed by atoms with Crippen LogP contribution in [0.2, 0.25) is 10.0 Å². The normalized spacial score (nSPS) is 12.4. The van der Waals surface area contributed by atoms with E-state index in [4.69, 9.17) is 28.9 Å². The molecule has 2 nitrogen and oxygen atoms in total. The lowest BCUT2D eigenvalue weighted by atomic mass is 10.2. The van der Waals surface area contributed by atoms with Crippen LogP contribution in [0, 0.1) is 0 Å². The summed E-state index contributed by atoms with van der Waals surface area (Å²) >= 11 is 13.5. The Morgan fingerprint density at radius 1 is 1.22 bits per heavy atom. The average molecular weight is 299 g/mol. The summed E-state index contributed by atoms with van der Waals surface area (Å²) in [6, 6.07) is 9.27. The molecule has 2 aromatic rings. The van der Waals surface area contributed by atoms with Gasteiger partial charge in [-0.15, -0.1) is 0 Å². The van der Waals surface area contributed by atoms with Gasteiger partial charge in [-0.25, -0.2) is 4.98 Å². The Morgan fingerprint density at radius 3 is 2.61 bits per heavy atom. The van der Waals surface area contributed by atoms with E-state index in [9.17, 15) is 0 Å². The minimum absolute atomic E-state index is 0.00805. The van der Waals surface area contributed by atoms with Crippen LogP contribution in [-0.4, -0.2) is 4.98 Å². The van der Waals surface area contributed by atoms with Gasteiger partial charge in [0, 0.05) is 22.2 Å². The third-order valence-corrected chi connectivity index (χ3v) is 4.08. The number of nitrogens with zero attached hydrogens (tertiary/aromatic N) is 1. The number of hydrogen-bond acceptors (Lipinski definition) is 3. The predicted octanol–water partition coefficient (Wildman–Crippen LogP) is 4.56. The molecular weight excluding hydrogens is 287 g/mol. The second kappa shape index (κ2) is 5.93. The van der Waals surface area contributed by atoms with E-state index in [0.29, 0.717) is 10.0 Å². The van der Waals surface area contributed by atoms with E-state index in [1.54, 1.807) is 18.3 Å². The highest BCUT2D eigenvalue weighted by atomic mass is 35.5. The summed E-state index contributed by atoms with van der Waals surface area (Å²) < 4.78 is 0. The van der Waals surface area contributed by atoms with E-state index in [1.807, 2.05) is 25.1 Å². The van der Waals surface area contributed by atoms with Crippen LogP contribution >= 0.6 is 35.0 Å². The fourth-order valence-corrected chi connectivity index (χ4v) is 2.68. The molecular formula is C13H12Cl2N2S. The lowest BCUT2D eigenvalue weighted by Crippen LogP contribution is -2.04. The van der Waals surface area contributed by atoms with Gasteiger partial charge in [0.15, 0.2) is 0 Å². The molecule has 2 N–H and O–H groups in total. The van der Waals surface area contributed by atoms with Gasteiger partial charge in [-0.3, -0.25) is 0 Å². The fourth-order valence-electron chi connectivity index (χ4n) is 1.39. The van der Waals surface area contributed by atoms with Crippen LogP contribution < -0.4 is 5.73 Å². The molecule has 0 spiro atoms. The lowest BCUT2D eigenvalue weighted by molar-refractivity contribution is 0.806. The fraction of sp³-hybridized carbons (Fsp3) is 0.154. The van der Waals surface area contributed by atoms with Crippen molar-refractivity contribution >= 4 is 35.0 Å². The molecule has 0 fully saturated rings. The van der Waals surface area contributed by atoms with Crippen molar-refractivity contribution < 1.29 is 0 Å². The molecule has 0 bridgehead atoms. The van der Waals surface area contributed by atoms with E-state index in [1.165, 1.54) is 11.8 Å². The lowest BCUT2D eigenvalue weighted by Gasteiger charge is -2.07. The van der Waals surface area contributed by atoms with Crippen molar-refractivity contribution in [1.82, 2.24) is 4.98 Å². The monoisotopic (exact) mass is 298 g/mol. The van der Waals surface area contributed by atoms with Gasteiger partial charge in [0.1, 0.15) is 5.03 Å². The maximum absolute atomic E-state index is 6.10. The first-order valence-electron chi connectivity index (χ1n) is 5.40. The van der Waals surface area contributed by atoms with Crippen molar-refractivity contribution in [3.05, 3.63) is 52.1 Å². The standard InChI is InChI=1S/C13H12Cl2N2S/c1-8(16)9-2-5-13(17-7-9)18-12-6-10(14)3-4-11(12)15/h2-8H,16H2,1H3/t8-/m0/s1. The molecule has 0 unspecified atom stereocenters. The van der Waals surface area contributed by atoms with Gasteiger partial charge in [-0.05, 0) is 36.8 Å². The molecule has 1 atom stereocenters. The molecule has 0 aliphatic heterocycles. The molecule has 94 valence electrons. The number of pyridine rings is 1. The summed E-state index contributed by atoms with van der Waals surface area (Å²) in [7, 11) is 0. The van der Waals surface area contributed by atoms with Gasteiger partial charge in [0.05, 0.1) is 5.02 Å². The minimum Gasteiger partial charge on any atom is -0.324 e. The molecule has 5 heteroatoms. The van der Waals surface area contributed by atoms with Crippen molar-refractivity contribution in [3.63, 3.8) is 0 Å². The first-order chi connectivity index (χ1) is 8.56. The first-order valence-corrected chi connectivity index (χ1v) is 6.98. The van der Waals surface area contributed by atoms with Gasteiger partial charge in [-0.1, -0.05) is 41.0 Å². The molecule has 0 amide bonds. The van der Waals surface area contributed by atoms with Crippen LogP contribution in [0.5, 0.6) is 0 Å². The molecule has 0 saturated heterocycles. The molecule has 0 aliphatic carbocycles. The molecule has 0 radical (unpaired) electrons. The van der Waals surface area contributed by atoms with Crippen molar-refractivity contribution in [3.8, 4) is 0 Å². The Bertz CT molecular complexity index is 541. The summed E-state index contributed by atoms with van der Waals surface area (Å²) in [5.41, 5.74) is 6.79. The third-order valence-electron chi connectivity index (χ3n) is 2.39. The van der Waals surface area contributed by atoms with E-state index in [2.05, 4.69) is 4.98 Å². The second-order valence-corrected chi connectivity index (χ2v) is 5.80. The molecule has 1 aromatic heterocycles. The molecule has 0 saturated carbocycles. The molecule has 0 aliphatic rings. The highest BCUT2D eigenvalue weighted by Crippen LogP contribution is 2.34. The van der Waals surface area contributed by atoms with Crippen molar-refractivity contribution in [2.24, 2.45) is 5.73 Å². The Hall–Kier alpha value is -0.740. The SMILES string of the molecule is C[C@H](N)c1ccc(Sc2cc(Cl)ccc2Cl)nc1. The Kier molecular flexibility index (Phi) is 4.51. The number of halogens is 2. The Labute approximate surface area is 121 Å². The topological polar surface area (TPSA) is 38.9 Å². The maximum Gasteiger partial charge on any atom is 0.101 e. The van der Waals surface area contributed by atoms with Crippen molar-refractivity contribution in [2.45, 2.75) is 22.9 Å². The average Bonchev–Trinajstić information content (AvgIpc) is 2.34. The molecule has 1 heterocycles. The van der Waals surface area contributed by atoms with Gasteiger partial charge in [0.25, 0.3) is 0 Å². The molecule has 2 rings (SSSR count). The van der Waals surface area contributed by atoms with Crippen LogP contribution in [0.4, 0.5) is 0 Å². The van der Waals surface area contributed by atoms with E-state index < -0.39 is 0 Å². The van der Waals surface area contributed by atoms with Crippen LogP contribution in [0.25, 0.3) is 0 Å². The van der Waals surface area contributed by atoms with Crippen molar-refractivity contribution in [2.75, 3.05) is 0 Å². The smallest absolute Gasteiger partial charge is 0.101 e. The summed E-state index contributed by atoms with van der Waals surface area (Å²) in [6.07, 6.45) is 1.78. The summed E-state index contributed by atoms with van der Waals surface area (Å²) in [5.74, 6) is 0. The largest absolute Gasteiger partial charge is 0.324 e. The maximum atomic E-state index is 6.10. The zero-order valence-corrected chi connectivity index (χ0v) is 12.1. The zero-order chi connectivity index (χ0) is 13.1. The van der Waals surface area contributed by atoms with Crippen LogP contribution in [-0.2, 0) is 0 Å².